The molecule has 18 heavy (non-hydrogen) atoms. The van der Waals surface area contributed by atoms with Crippen molar-refractivity contribution in [3.05, 3.63) is 23.8 Å². The number of methoxy groups -OCH3 is 1. The first kappa shape index (κ1) is 14.5. The first-order valence-corrected chi connectivity index (χ1v) is 6.70. The Hall–Kier alpha value is -1.60. The minimum absolute atomic E-state index is 0.0372. The van der Waals surface area contributed by atoms with Crippen LogP contribution in [0.25, 0.3) is 0 Å². The van der Waals surface area contributed by atoms with Gasteiger partial charge in [-0.3, -0.25) is 4.79 Å². The number of sulfonamides is 1. The molecule has 0 aromatic heterocycles. The van der Waals surface area contributed by atoms with Gasteiger partial charge >= 0.3 is 0 Å². The normalized spacial score (nSPS) is 11.1. The zero-order chi connectivity index (χ0) is 13.9. The minimum atomic E-state index is -3.79. The van der Waals surface area contributed by atoms with Gasteiger partial charge in [-0.25, -0.2) is 13.6 Å². The summed E-state index contributed by atoms with van der Waals surface area (Å²) in [6.07, 6.45) is 0.0551. The van der Waals surface area contributed by atoms with Crippen molar-refractivity contribution in [1.82, 2.24) is 4.90 Å². The van der Waals surface area contributed by atoms with Crippen molar-refractivity contribution in [2.75, 3.05) is 21.2 Å². The lowest BCUT2D eigenvalue weighted by molar-refractivity contribution is -0.127. The average molecular weight is 272 g/mol. The van der Waals surface area contributed by atoms with E-state index < -0.39 is 10.0 Å². The first-order valence-electron chi connectivity index (χ1n) is 5.15. The lowest BCUT2D eigenvalue weighted by Gasteiger charge is -2.13. The number of nitrogens with zero attached hydrogens (tertiary/aromatic N) is 1. The highest BCUT2D eigenvalue weighted by molar-refractivity contribution is 7.89. The molecule has 100 valence electrons. The summed E-state index contributed by atoms with van der Waals surface area (Å²) in [7, 11) is 0.914. The van der Waals surface area contributed by atoms with E-state index in [0.717, 1.165) is 0 Å². The zero-order valence-electron chi connectivity index (χ0n) is 10.5. The van der Waals surface area contributed by atoms with E-state index >= 15 is 0 Å². The van der Waals surface area contributed by atoms with Gasteiger partial charge in [0.15, 0.2) is 0 Å². The second-order valence-electron chi connectivity index (χ2n) is 3.98. The largest absolute Gasteiger partial charge is 0.496 e. The third-order valence-electron chi connectivity index (χ3n) is 2.42. The van der Waals surface area contributed by atoms with Crippen molar-refractivity contribution in [3.63, 3.8) is 0 Å². The molecule has 0 heterocycles. The maximum Gasteiger partial charge on any atom is 0.238 e. The van der Waals surface area contributed by atoms with Crippen LogP contribution in [0.1, 0.15) is 5.56 Å². The molecule has 0 fully saturated rings. The molecule has 1 aromatic carbocycles. The summed E-state index contributed by atoms with van der Waals surface area (Å²) in [4.78, 5) is 13.0. The maximum absolute atomic E-state index is 11.6. The number of hydrogen-bond donors (Lipinski definition) is 1. The predicted octanol–water partition coefficient (Wildman–Crippen LogP) is -0.0267. The van der Waals surface area contributed by atoms with E-state index in [2.05, 4.69) is 0 Å². The van der Waals surface area contributed by atoms with Crippen LogP contribution >= 0.6 is 0 Å². The Morgan fingerprint density at radius 3 is 2.44 bits per heavy atom. The zero-order valence-corrected chi connectivity index (χ0v) is 11.3. The first-order chi connectivity index (χ1) is 8.25. The Balaban J connectivity index is 3.19. The van der Waals surface area contributed by atoms with Gasteiger partial charge < -0.3 is 9.64 Å². The van der Waals surface area contributed by atoms with Crippen molar-refractivity contribution in [1.29, 1.82) is 0 Å². The van der Waals surface area contributed by atoms with E-state index in [9.17, 15) is 13.2 Å². The number of likely N-dealkylation sites (N-methyl/N-ethyl adjacent to an activating group) is 1. The van der Waals surface area contributed by atoms with E-state index in [4.69, 9.17) is 9.88 Å². The molecule has 1 aromatic rings. The topological polar surface area (TPSA) is 89.7 Å². The summed E-state index contributed by atoms with van der Waals surface area (Å²) in [5, 5.41) is 5.04. The van der Waals surface area contributed by atoms with Crippen LogP contribution in [0.15, 0.2) is 23.1 Å². The summed E-state index contributed by atoms with van der Waals surface area (Å²) < 4.78 is 27.6. The van der Waals surface area contributed by atoms with Crippen LogP contribution in [0.4, 0.5) is 0 Å². The van der Waals surface area contributed by atoms with Crippen molar-refractivity contribution < 1.29 is 17.9 Å². The van der Waals surface area contributed by atoms with Crippen molar-refractivity contribution in [2.24, 2.45) is 5.14 Å². The Morgan fingerprint density at radius 2 is 2.00 bits per heavy atom. The molecule has 0 aliphatic heterocycles. The van der Waals surface area contributed by atoms with Gasteiger partial charge in [0.05, 0.1) is 18.4 Å². The molecule has 1 amide bonds. The SMILES string of the molecule is COc1ccc(S(N)(=O)=O)cc1CC(=O)N(C)C. The number of nitrogens with two attached hydrogens (primary N) is 1. The van der Waals surface area contributed by atoms with Crippen molar-refractivity contribution in [2.45, 2.75) is 11.3 Å². The highest BCUT2D eigenvalue weighted by atomic mass is 32.2. The molecule has 0 spiro atoms. The van der Waals surface area contributed by atoms with Crippen LogP contribution < -0.4 is 9.88 Å². The summed E-state index contributed by atoms with van der Waals surface area (Å²) >= 11 is 0. The summed E-state index contributed by atoms with van der Waals surface area (Å²) in [6, 6.07) is 4.19. The van der Waals surface area contributed by atoms with Crippen LogP contribution in [0.5, 0.6) is 5.75 Å². The maximum atomic E-state index is 11.6. The molecular formula is C11H16N2O4S. The monoisotopic (exact) mass is 272 g/mol. The highest BCUT2D eigenvalue weighted by Gasteiger charge is 2.15. The van der Waals surface area contributed by atoms with E-state index in [0.29, 0.717) is 11.3 Å². The Labute approximate surface area is 106 Å². The molecular weight excluding hydrogens is 256 g/mol. The highest BCUT2D eigenvalue weighted by Crippen LogP contribution is 2.22. The lowest BCUT2D eigenvalue weighted by atomic mass is 10.1. The number of benzene rings is 1. The van der Waals surface area contributed by atoms with Crippen LogP contribution in [0, 0.1) is 0 Å². The van der Waals surface area contributed by atoms with Gasteiger partial charge in [0.25, 0.3) is 0 Å². The fourth-order valence-electron chi connectivity index (χ4n) is 1.39. The van der Waals surface area contributed by atoms with Gasteiger partial charge in [0.1, 0.15) is 5.75 Å². The molecule has 0 aliphatic carbocycles. The lowest BCUT2D eigenvalue weighted by Crippen LogP contribution is -2.24. The van der Waals surface area contributed by atoms with Crippen LogP contribution in [-0.4, -0.2) is 40.4 Å². The molecule has 0 saturated carbocycles. The van der Waals surface area contributed by atoms with Gasteiger partial charge in [0.2, 0.25) is 15.9 Å². The molecule has 0 atom stereocenters. The van der Waals surface area contributed by atoms with Crippen LogP contribution in [-0.2, 0) is 21.2 Å². The Morgan fingerprint density at radius 1 is 1.39 bits per heavy atom. The Kier molecular flexibility index (Phi) is 4.31. The predicted molar refractivity (Wildman–Crippen MR) is 66.8 cm³/mol. The second kappa shape index (κ2) is 5.36. The molecule has 6 nitrogen and oxygen atoms in total. The molecule has 2 N–H and O–H groups in total. The number of primary sulfonamides is 1. The van der Waals surface area contributed by atoms with Gasteiger partial charge in [-0.1, -0.05) is 0 Å². The molecule has 0 bridgehead atoms. The molecule has 1 rings (SSSR count). The molecule has 0 aliphatic rings. The fourth-order valence-corrected chi connectivity index (χ4v) is 1.96. The van der Waals surface area contributed by atoms with Crippen LogP contribution in [0.2, 0.25) is 0 Å². The van der Waals surface area contributed by atoms with E-state index in [1.165, 1.54) is 30.2 Å². The molecule has 0 unspecified atom stereocenters. The molecule has 0 radical (unpaired) electrons. The summed E-state index contributed by atoms with van der Waals surface area (Å²) in [5.41, 5.74) is 0.489. The number of carbonyl (C=O) groups is 1. The quantitative estimate of drug-likeness (QED) is 0.833. The summed E-state index contributed by atoms with van der Waals surface area (Å²) in [6.45, 7) is 0. The van der Waals surface area contributed by atoms with Gasteiger partial charge in [-0.05, 0) is 18.2 Å². The van der Waals surface area contributed by atoms with Crippen molar-refractivity contribution in [3.8, 4) is 5.75 Å². The van der Waals surface area contributed by atoms with Gasteiger partial charge in [-0.15, -0.1) is 0 Å². The summed E-state index contributed by atoms with van der Waals surface area (Å²) in [5.74, 6) is 0.303. The van der Waals surface area contributed by atoms with E-state index in [1.54, 1.807) is 14.1 Å². The van der Waals surface area contributed by atoms with Crippen molar-refractivity contribution >= 4 is 15.9 Å². The van der Waals surface area contributed by atoms with Gasteiger partial charge in [0, 0.05) is 19.7 Å². The third kappa shape index (κ3) is 3.44. The number of amides is 1. The van der Waals surface area contributed by atoms with E-state index in [1.807, 2.05) is 0 Å². The third-order valence-corrected chi connectivity index (χ3v) is 3.33. The van der Waals surface area contributed by atoms with E-state index in [-0.39, 0.29) is 17.2 Å². The average Bonchev–Trinajstić information content (AvgIpc) is 2.27. The van der Waals surface area contributed by atoms with Crippen LogP contribution in [0.3, 0.4) is 0 Å². The standard InChI is InChI=1S/C11H16N2O4S/c1-13(2)11(14)7-8-6-9(18(12,15)16)4-5-10(8)17-3/h4-6H,7H2,1-3H3,(H2,12,15,16). The minimum Gasteiger partial charge on any atom is -0.496 e. The molecule has 7 heteroatoms. The second-order valence-corrected chi connectivity index (χ2v) is 5.55. The number of ether oxygens (including phenoxy) is 1. The smallest absolute Gasteiger partial charge is 0.238 e. The van der Waals surface area contributed by atoms with Gasteiger partial charge in [-0.2, -0.15) is 0 Å². The number of hydrogen-bond acceptors (Lipinski definition) is 4. The fraction of sp³-hybridized carbons (Fsp3) is 0.364. The Bertz CT molecular complexity index is 552. The number of rotatable bonds is 4. The molecule has 0 saturated heterocycles. The number of carbonyl (C=O) groups excluding carboxylic acids is 1.